The van der Waals surface area contributed by atoms with E-state index in [1.54, 1.807) is 72.7 Å². The molecule has 0 unspecified atom stereocenters. The lowest BCUT2D eigenvalue weighted by Gasteiger charge is -2.08. The minimum absolute atomic E-state index is 0.271. The summed E-state index contributed by atoms with van der Waals surface area (Å²) in [6.45, 7) is 1.99. The van der Waals surface area contributed by atoms with Crippen molar-refractivity contribution in [2.24, 2.45) is 0 Å². The van der Waals surface area contributed by atoms with E-state index in [-0.39, 0.29) is 12.5 Å². The lowest BCUT2D eigenvalue weighted by molar-refractivity contribution is 0.102. The van der Waals surface area contributed by atoms with E-state index in [9.17, 15) is 9.59 Å². The van der Waals surface area contributed by atoms with Crippen molar-refractivity contribution in [3.63, 3.8) is 0 Å². The molecule has 1 aromatic carbocycles. The average Bonchev–Trinajstić information content (AvgIpc) is 3.17. The zero-order chi connectivity index (χ0) is 18.4. The van der Waals surface area contributed by atoms with Crippen molar-refractivity contribution in [3.05, 3.63) is 66.6 Å². The van der Waals surface area contributed by atoms with Crippen molar-refractivity contribution >= 4 is 23.4 Å². The molecule has 3 aromatic rings. The highest BCUT2D eigenvalue weighted by Crippen LogP contribution is 2.14. The summed E-state index contributed by atoms with van der Waals surface area (Å²) >= 11 is 0. The minimum Gasteiger partial charge on any atom is -0.450 e. The van der Waals surface area contributed by atoms with Gasteiger partial charge in [0.25, 0.3) is 5.91 Å². The van der Waals surface area contributed by atoms with Crippen LogP contribution < -0.4 is 10.6 Å². The SMILES string of the molecule is CCOC(=O)Nc1cccc(C(=O)Nc2ccc(-n3cccn3)nc2)c1. The number of carbonyl (C=O) groups is 2. The number of pyridine rings is 1. The van der Waals surface area contributed by atoms with E-state index in [0.29, 0.717) is 22.8 Å². The van der Waals surface area contributed by atoms with E-state index in [4.69, 9.17) is 4.74 Å². The molecule has 2 amide bonds. The Kier molecular flexibility index (Phi) is 5.23. The minimum atomic E-state index is -0.566. The highest BCUT2D eigenvalue weighted by Gasteiger charge is 2.09. The number of hydrogen-bond acceptors (Lipinski definition) is 5. The summed E-state index contributed by atoms with van der Waals surface area (Å²) in [4.78, 5) is 28.1. The van der Waals surface area contributed by atoms with E-state index < -0.39 is 6.09 Å². The number of carbonyl (C=O) groups excluding carboxylic acids is 2. The van der Waals surface area contributed by atoms with Crippen LogP contribution in [-0.4, -0.2) is 33.4 Å². The first-order valence-corrected chi connectivity index (χ1v) is 7.97. The number of hydrogen-bond donors (Lipinski definition) is 2. The maximum Gasteiger partial charge on any atom is 0.411 e. The topological polar surface area (TPSA) is 98.1 Å². The van der Waals surface area contributed by atoms with Gasteiger partial charge in [0.2, 0.25) is 0 Å². The standard InChI is InChI=1S/C18H17N5O3/c1-2-26-18(25)22-14-6-3-5-13(11-14)17(24)21-15-7-8-16(19-12-15)23-10-4-9-20-23/h3-12H,2H2,1H3,(H,21,24)(H,22,25). The fourth-order valence-electron chi connectivity index (χ4n) is 2.23. The lowest BCUT2D eigenvalue weighted by atomic mass is 10.2. The molecule has 0 fully saturated rings. The normalized spacial score (nSPS) is 10.2. The van der Waals surface area contributed by atoms with Gasteiger partial charge >= 0.3 is 6.09 Å². The molecular formula is C18H17N5O3. The summed E-state index contributed by atoms with van der Waals surface area (Å²) in [5.74, 6) is 0.333. The van der Waals surface area contributed by atoms with Gasteiger partial charge in [-0.2, -0.15) is 5.10 Å². The number of benzene rings is 1. The Morgan fingerprint density at radius 1 is 1.12 bits per heavy atom. The van der Waals surface area contributed by atoms with Crippen LogP contribution >= 0.6 is 0 Å². The molecule has 0 bridgehead atoms. The van der Waals surface area contributed by atoms with Crippen molar-refractivity contribution in [2.45, 2.75) is 6.92 Å². The van der Waals surface area contributed by atoms with Crippen molar-refractivity contribution < 1.29 is 14.3 Å². The van der Waals surface area contributed by atoms with Crippen molar-refractivity contribution in [1.82, 2.24) is 14.8 Å². The molecule has 0 saturated heterocycles. The van der Waals surface area contributed by atoms with Crippen LogP contribution in [0.25, 0.3) is 5.82 Å². The highest BCUT2D eigenvalue weighted by atomic mass is 16.5. The maximum absolute atomic E-state index is 12.4. The van der Waals surface area contributed by atoms with Gasteiger partial charge in [-0.1, -0.05) is 6.07 Å². The summed E-state index contributed by atoms with van der Waals surface area (Å²) in [5, 5.41) is 9.42. The van der Waals surface area contributed by atoms with Gasteiger partial charge in [0.05, 0.1) is 18.5 Å². The molecule has 0 aliphatic heterocycles. The Labute approximate surface area is 149 Å². The number of nitrogens with one attached hydrogen (secondary N) is 2. The molecule has 0 radical (unpaired) electrons. The zero-order valence-corrected chi connectivity index (χ0v) is 14.0. The molecule has 3 rings (SSSR count). The fourth-order valence-corrected chi connectivity index (χ4v) is 2.23. The predicted molar refractivity (Wildman–Crippen MR) is 96.4 cm³/mol. The van der Waals surface area contributed by atoms with E-state index in [2.05, 4.69) is 20.7 Å². The first-order valence-electron chi connectivity index (χ1n) is 7.97. The second-order valence-electron chi connectivity index (χ2n) is 5.24. The van der Waals surface area contributed by atoms with E-state index in [1.165, 1.54) is 0 Å². The van der Waals surface area contributed by atoms with Crippen molar-refractivity contribution in [2.75, 3.05) is 17.2 Å². The summed E-state index contributed by atoms with van der Waals surface area (Å²) in [7, 11) is 0. The second-order valence-corrected chi connectivity index (χ2v) is 5.24. The van der Waals surface area contributed by atoms with Gasteiger partial charge < -0.3 is 10.1 Å². The molecular weight excluding hydrogens is 334 g/mol. The number of amides is 2. The Hall–Kier alpha value is -3.68. The predicted octanol–water partition coefficient (Wildman–Crippen LogP) is 3.09. The molecule has 0 atom stereocenters. The molecule has 0 aliphatic carbocycles. The van der Waals surface area contributed by atoms with E-state index >= 15 is 0 Å². The fraction of sp³-hybridized carbons (Fsp3) is 0.111. The third-order valence-corrected chi connectivity index (χ3v) is 3.39. The largest absolute Gasteiger partial charge is 0.450 e. The molecule has 0 spiro atoms. The van der Waals surface area contributed by atoms with E-state index in [1.807, 2.05) is 0 Å². The molecule has 0 aliphatic rings. The van der Waals surface area contributed by atoms with Crippen LogP contribution in [0.5, 0.6) is 0 Å². The molecule has 8 nitrogen and oxygen atoms in total. The van der Waals surface area contributed by atoms with Crippen molar-refractivity contribution in [3.8, 4) is 5.82 Å². The third kappa shape index (κ3) is 4.23. The number of nitrogens with zero attached hydrogens (tertiary/aromatic N) is 3. The average molecular weight is 351 g/mol. The number of aromatic nitrogens is 3. The molecule has 0 saturated carbocycles. The second kappa shape index (κ2) is 7.93. The van der Waals surface area contributed by atoms with Gasteiger partial charge in [-0.15, -0.1) is 0 Å². The Bertz CT molecular complexity index is 891. The first kappa shape index (κ1) is 17.2. The Balaban J connectivity index is 1.67. The third-order valence-electron chi connectivity index (χ3n) is 3.39. The van der Waals surface area contributed by atoms with Gasteiger partial charge in [-0.25, -0.2) is 14.5 Å². The van der Waals surface area contributed by atoms with Crippen LogP contribution in [0.2, 0.25) is 0 Å². The molecule has 132 valence electrons. The quantitative estimate of drug-likeness (QED) is 0.736. The number of anilines is 2. The Morgan fingerprint density at radius 3 is 2.69 bits per heavy atom. The lowest BCUT2D eigenvalue weighted by Crippen LogP contribution is -2.15. The molecule has 2 heterocycles. The van der Waals surface area contributed by atoms with Crippen LogP contribution in [0.15, 0.2) is 61.1 Å². The van der Waals surface area contributed by atoms with Crippen LogP contribution in [0.4, 0.5) is 16.2 Å². The molecule has 2 N–H and O–H groups in total. The van der Waals surface area contributed by atoms with E-state index in [0.717, 1.165) is 0 Å². The monoisotopic (exact) mass is 351 g/mol. The van der Waals surface area contributed by atoms with Gasteiger partial charge in [0.15, 0.2) is 5.82 Å². The first-order chi connectivity index (χ1) is 12.7. The van der Waals surface area contributed by atoms with Crippen LogP contribution in [0, 0.1) is 0 Å². The Morgan fingerprint density at radius 2 is 2.00 bits per heavy atom. The van der Waals surface area contributed by atoms with Crippen molar-refractivity contribution in [1.29, 1.82) is 0 Å². The summed E-state index contributed by atoms with van der Waals surface area (Å²) in [6, 6.07) is 11.9. The van der Waals surface area contributed by atoms with Crippen LogP contribution in [-0.2, 0) is 4.74 Å². The number of rotatable bonds is 5. The smallest absolute Gasteiger partial charge is 0.411 e. The van der Waals surface area contributed by atoms with Gasteiger partial charge in [0, 0.05) is 23.6 Å². The van der Waals surface area contributed by atoms with Crippen LogP contribution in [0.1, 0.15) is 17.3 Å². The number of ether oxygens (including phenoxy) is 1. The van der Waals surface area contributed by atoms with Gasteiger partial charge in [0.1, 0.15) is 0 Å². The van der Waals surface area contributed by atoms with Gasteiger partial charge in [-0.3, -0.25) is 10.1 Å². The molecule has 2 aromatic heterocycles. The summed E-state index contributed by atoms with van der Waals surface area (Å²) in [6.07, 6.45) is 4.43. The molecule has 26 heavy (non-hydrogen) atoms. The zero-order valence-electron chi connectivity index (χ0n) is 14.0. The van der Waals surface area contributed by atoms with Crippen LogP contribution in [0.3, 0.4) is 0 Å². The van der Waals surface area contributed by atoms with Gasteiger partial charge in [-0.05, 0) is 43.3 Å². The summed E-state index contributed by atoms with van der Waals surface area (Å²) in [5.41, 5.74) is 1.42. The highest BCUT2D eigenvalue weighted by molar-refractivity contribution is 6.05. The maximum atomic E-state index is 12.4. The summed E-state index contributed by atoms with van der Waals surface area (Å²) < 4.78 is 6.44. The molecule has 8 heteroatoms.